The molecule has 10 nitrogen and oxygen atoms in total. The topological polar surface area (TPSA) is 127 Å². The summed E-state index contributed by atoms with van der Waals surface area (Å²) in [7, 11) is 0. The van der Waals surface area contributed by atoms with Gasteiger partial charge in [0, 0.05) is 25.7 Å². The number of hydroxylamine groups is 4. The zero-order valence-electron chi connectivity index (χ0n) is 18.6. The van der Waals surface area contributed by atoms with Crippen molar-refractivity contribution in [3.63, 3.8) is 0 Å². The lowest BCUT2D eigenvalue weighted by Gasteiger charge is -2.12. The molecule has 10 heteroatoms. The highest BCUT2D eigenvalue weighted by Crippen LogP contribution is 2.15. The molecule has 0 bridgehead atoms. The van der Waals surface area contributed by atoms with E-state index >= 15 is 0 Å². The first-order chi connectivity index (χ1) is 16.2. The van der Waals surface area contributed by atoms with Crippen molar-refractivity contribution in [2.45, 2.75) is 39.5 Å². The molecular formula is C24H22N2O8. The van der Waals surface area contributed by atoms with Crippen LogP contribution in [0.4, 0.5) is 0 Å². The van der Waals surface area contributed by atoms with Gasteiger partial charge in [-0.15, -0.1) is 10.1 Å². The monoisotopic (exact) mass is 466 g/mol. The molecule has 0 spiro atoms. The first-order valence-corrected chi connectivity index (χ1v) is 10.4. The summed E-state index contributed by atoms with van der Waals surface area (Å²) in [6, 6.07) is 13.4. The fourth-order valence-corrected chi connectivity index (χ4v) is 3.05. The van der Waals surface area contributed by atoms with Crippen molar-refractivity contribution in [1.29, 1.82) is 0 Å². The molecule has 0 saturated carbocycles. The fourth-order valence-electron chi connectivity index (χ4n) is 3.05. The molecule has 4 rings (SSSR count). The summed E-state index contributed by atoms with van der Waals surface area (Å²) >= 11 is 0. The zero-order valence-corrected chi connectivity index (χ0v) is 18.6. The maximum atomic E-state index is 11.7. The number of amides is 4. The second-order valence-electron chi connectivity index (χ2n) is 7.66. The number of benzene rings is 2. The van der Waals surface area contributed by atoms with Crippen LogP contribution in [0.25, 0.3) is 0 Å². The number of imide groups is 2. The molecule has 2 aromatic carbocycles. The van der Waals surface area contributed by atoms with E-state index in [1.807, 2.05) is 19.9 Å². The molecule has 2 heterocycles. The van der Waals surface area contributed by atoms with Crippen LogP contribution < -0.4 is 0 Å². The average molecular weight is 466 g/mol. The van der Waals surface area contributed by atoms with Crippen molar-refractivity contribution in [1.82, 2.24) is 10.1 Å². The minimum absolute atomic E-state index is 0.0972. The minimum atomic E-state index is -0.700. The highest BCUT2D eigenvalue weighted by atomic mass is 16.7. The molecule has 4 amide bonds. The number of hydrogen-bond donors (Lipinski definition) is 0. The Kier molecular flexibility index (Phi) is 7.52. The third kappa shape index (κ3) is 5.91. The number of aryl methyl sites for hydroxylation is 2. The van der Waals surface area contributed by atoms with Crippen LogP contribution in [-0.2, 0) is 28.9 Å². The summed E-state index contributed by atoms with van der Waals surface area (Å²) in [4.78, 5) is 77.8. The smallest absolute Gasteiger partial charge is 0.325 e. The van der Waals surface area contributed by atoms with Gasteiger partial charge in [-0.1, -0.05) is 35.4 Å². The van der Waals surface area contributed by atoms with E-state index in [2.05, 4.69) is 0 Å². The molecule has 0 aliphatic carbocycles. The van der Waals surface area contributed by atoms with Crippen LogP contribution in [0.3, 0.4) is 0 Å². The predicted octanol–water partition coefficient (Wildman–Crippen LogP) is 2.43. The van der Waals surface area contributed by atoms with Crippen LogP contribution >= 0.6 is 0 Å². The highest BCUT2D eigenvalue weighted by Gasteiger charge is 2.34. The molecule has 0 radical (unpaired) electrons. The Morgan fingerprint density at radius 3 is 1.50 bits per heavy atom. The second-order valence-corrected chi connectivity index (χ2v) is 7.66. The first-order valence-electron chi connectivity index (χ1n) is 10.4. The van der Waals surface area contributed by atoms with Gasteiger partial charge in [0.05, 0.1) is 11.1 Å². The molecule has 0 atom stereocenters. The van der Waals surface area contributed by atoms with Gasteiger partial charge in [0.25, 0.3) is 23.6 Å². The van der Waals surface area contributed by atoms with Gasteiger partial charge in [0.15, 0.2) is 0 Å². The fraction of sp³-hybridized carbons (Fsp3) is 0.250. The van der Waals surface area contributed by atoms with Gasteiger partial charge in [0.2, 0.25) is 0 Å². The third-order valence-electron chi connectivity index (χ3n) is 4.90. The van der Waals surface area contributed by atoms with Crippen LogP contribution in [0.15, 0.2) is 48.5 Å². The van der Waals surface area contributed by atoms with Crippen molar-refractivity contribution in [2.24, 2.45) is 0 Å². The van der Waals surface area contributed by atoms with Gasteiger partial charge in [-0.25, -0.2) is 9.59 Å². The lowest BCUT2D eigenvalue weighted by molar-refractivity contribution is -0.173. The van der Waals surface area contributed by atoms with Crippen molar-refractivity contribution in [3.8, 4) is 0 Å². The van der Waals surface area contributed by atoms with E-state index in [-0.39, 0.29) is 25.7 Å². The third-order valence-corrected chi connectivity index (χ3v) is 4.90. The van der Waals surface area contributed by atoms with E-state index in [0.717, 1.165) is 11.1 Å². The zero-order chi connectivity index (χ0) is 24.8. The van der Waals surface area contributed by atoms with Crippen LogP contribution in [0, 0.1) is 13.8 Å². The van der Waals surface area contributed by atoms with Crippen molar-refractivity contribution < 1.29 is 38.4 Å². The standard InChI is InChI=1S/2C12H11NO4/c1-8-2-4-9(5-3-8)12(16)17-13-10(14)6-7-11(13)15;1-8-3-2-4-9(7-8)12(16)17-13-10(14)5-6-11(13)15/h2-5H,6-7H2,1H3;2-4,7H,5-6H2,1H3. The molecule has 2 fully saturated rings. The van der Waals surface area contributed by atoms with Gasteiger partial charge in [-0.2, -0.15) is 0 Å². The summed E-state index contributed by atoms with van der Waals surface area (Å²) in [6.45, 7) is 3.73. The molecule has 2 aliphatic rings. The maximum Gasteiger partial charge on any atom is 0.363 e. The lowest BCUT2D eigenvalue weighted by Crippen LogP contribution is -2.32. The predicted molar refractivity (Wildman–Crippen MR) is 115 cm³/mol. The van der Waals surface area contributed by atoms with Crippen LogP contribution in [-0.4, -0.2) is 45.7 Å². The van der Waals surface area contributed by atoms with E-state index in [4.69, 9.17) is 9.68 Å². The number of hydrogen-bond acceptors (Lipinski definition) is 8. The molecule has 2 aromatic rings. The minimum Gasteiger partial charge on any atom is -0.325 e. The number of carbonyl (C=O) groups excluding carboxylic acids is 6. The number of carbonyl (C=O) groups is 6. The van der Waals surface area contributed by atoms with Gasteiger partial charge in [-0.05, 0) is 38.1 Å². The maximum absolute atomic E-state index is 11.7. The van der Waals surface area contributed by atoms with Gasteiger partial charge in [0.1, 0.15) is 0 Å². The van der Waals surface area contributed by atoms with Crippen molar-refractivity contribution in [3.05, 3.63) is 70.8 Å². The van der Waals surface area contributed by atoms with E-state index in [1.54, 1.807) is 42.5 Å². The first kappa shape index (κ1) is 24.3. The molecule has 2 aliphatic heterocycles. The Balaban J connectivity index is 0.000000191. The number of nitrogens with zero attached hydrogens (tertiary/aromatic N) is 2. The Morgan fingerprint density at radius 1 is 0.618 bits per heavy atom. The Hall–Kier alpha value is -4.34. The van der Waals surface area contributed by atoms with E-state index in [9.17, 15) is 28.8 Å². The van der Waals surface area contributed by atoms with Gasteiger partial charge in [-0.3, -0.25) is 19.2 Å². The highest BCUT2D eigenvalue weighted by molar-refractivity contribution is 6.03. The molecule has 176 valence electrons. The van der Waals surface area contributed by atoms with Gasteiger partial charge < -0.3 is 9.68 Å². The Labute approximate surface area is 194 Å². The number of rotatable bonds is 4. The Morgan fingerprint density at radius 2 is 1.06 bits per heavy atom. The molecule has 0 aromatic heterocycles. The molecule has 2 saturated heterocycles. The van der Waals surface area contributed by atoms with Crippen molar-refractivity contribution in [2.75, 3.05) is 0 Å². The van der Waals surface area contributed by atoms with Crippen molar-refractivity contribution >= 4 is 35.6 Å². The summed E-state index contributed by atoms with van der Waals surface area (Å²) in [5.74, 6) is -3.30. The van der Waals surface area contributed by atoms with E-state index in [0.29, 0.717) is 21.3 Å². The molecular weight excluding hydrogens is 444 g/mol. The quantitative estimate of drug-likeness (QED) is 0.629. The Bertz CT molecular complexity index is 1120. The SMILES string of the molecule is Cc1ccc(C(=O)ON2C(=O)CCC2=O)cc1.Cc1cccc(C(=O)ON2C(=O)CCC2=O)c1. The summed E-state index contributed by atoms with van der Waals surface area (Å²) < 4.78 is 0. The van der Waals surface area contributed by atoms with E-state index < -0.39 is 35.6 Å². The summed E-state index contributed by atoms with van der Waals surface area (Å²) in [5, 5.41) is 1.09. The average Bonchev–Trinajstić information content (AvgIpc) is 3.30. The normalized spacial score (nSPS) is 15.2. The molecule has 0 N–H and O–H groups in total. The lowest BCUT2D eigenvalue weighted by atomic mass is 10.1. The molecule has 0 unspecified atom stereocenters. The van der Waals surface area contributed by atoms with Crippen LogP contribution in [0.2, 0.25) is 0 Å². The summed E-state index contributed by atoms with van der Waals surface area (Å²) in [6.07, 6.45) is 0.389. The summed E-state index contributed by atoms with van der Waals surface area (Å²) in [5.41, 5.74) is 2.54. The van der Waals surface area contributed by atoms with Crippen LogP contribution in [0.5, 0.6) is 0 Å². The molecule has 34 heavy (non-hydrogen) atoms. The largest absolute Gasteiger partial charge is 0.363 e. The van der Waals surface area contributed by atoms with E-state index in [1.165, 1.54) is 0 Å². The van der Waals surface area contributed by atoms with Crippen LogP contribution in [0.1, 0.15) is 57.5 Å². The van der Waals surface area contributed by atoms with Gasteiger partial charge >= 0.3 is 11.9 Å². The second kappa shape index (κ2) is 10.5.